The van der Waals surface area contributed by atoms with E-state index in [1.54, 1.807) is 30.2 Å². The molecule has 2 aromatic rings. The molecule has 2 amide bonds. The van der Waals surface area contributed by atoms with Crippen molar-refractivity contribution in [3.8, 4) is 17.2 Å². The number of benzene rings is 2. The first-order chi connectivity index (χ1) is 14.6. The van der Waals surface area contributed by atoms with Crippen LogP contribution in [0.15, 0.2) is 42.5 Å². The highest BCUT2D eigenvalue weighted by Gasteiger charge is 2.16. The number of carbonyl (C=O) groups excluding carboxylic acids is 2. The number of hydrogen-bond acceptors (Lipinski definition) is 6. The van der Waals surface area contributed by atoms with Gasteiger partial charge < -0.3 is 24.8 Å². The van der Waals surface area contributed by atoms with E-state index in [2.05, 4.69) is 10.6 Å². The molecule has 0 radical (unpaired) electrons. The van der Waals surface area contributed by atoms with E-state index in [9.17, 15) is 9.59 Å². The Morgan fingerprint density at radius 3 is 2.53 bits per heavy atom. The van der Waals surface area contributed by atoms with Gasteiger partial charge in [-0.1, -0.05) is 25.1 Å². The zero-order valence-corrected chi connectivity index (χ0v) is 17.3. The number of para-hydroxylation sites is 1. The maximum absolute atomic E-state index is 12.4. The maximum Gasteiger partial charge on any atom is 0.238 e. The molecule has 0 spiro atoms. The monoisotopic (exact) mass is 413 g/mol. The lowest BCUT2D eigenvalue weighted by molar-refractivity contribution is -0.123. The second-order valence-electron chi connectivity index (χ2n) is 6.80. The van der Waals surface area contributed by atoms with Gasteiger partial charge in [-0.3, -0.25) is 14.5 Å². The van der Waals surface area contributed by atoms with Gasteiger partial charge in [0.25, 0.3) is 0 Å². The van der Waals surface area contributed by atoms with Crippen molar-refractivity contribution in [1.29, 1.82) is 0 Å². The van der Waals surface area contributed by atoms with E-state index in [0.717, 1.165) is 11.3 Å². The van der Waals surface area contributed by atoms with Gasteiger partial charge in [0.2, 0.25) is 11.8 Å². The first-order valence-electron chi connectivity index (χ1n) is 9.89. The molecule has 160 valence electrons. The van der Waals surface area contributed by atoms with Crippen LogP contribution in [0.25, 0.3) is 0 Å². The summed E-state index contributed by atoms with van der Waals surface area (Å²) < 4.78 is 16.3. The van der Waals surface area contributed by atoms with Gasteiger partial charge >= 0.3 is 0 Å². The van der Waals surface area contributed by atoms with E-state index in [0.29, 0.717) is 43.5 Å². The topological polar surface area (TPSA) is 89.1 Å². The molecule has 0 aliphatic carbocycles. The number of ether oxygens (including phenoxy) is 3. The molecule has 1 aliphatic heterocycles. The van der Waals surface area contributed by atoms with E-state index in [1.165, 1.54) is 0 Å². The Hall–Kier alpha value is -3.26. The molecule has 8 nitrogen and oxygen atoms in total. The predicted molar refractivity (Wildman–Crippen MR) is 113 cm³/mol. The summed E-state index contributed by atoms with van der Waals surface area (Å²) in [5.74, 6) is 1.65. The summed E-state index contributed by atoms with van der Waals surface area (Å²) in [6, 6.07) is 12.8. The molecule has 2 aromatic carbocycles. The van der Waals surface area contributed by atoms with Crippen LogP contribution in [0.2, 0.25) is 0 Å². The zero-order chi connectivity index (χ0) is 21.3. The fourth-order valence-electron chi connectivity index (χ4n) is 3.11. The van der Waals surface area contributed by atoms with E-state index < -0.39 is 0 Å². The first-order valence-corrected chi connectivity index (χ1v) is 9.89. The quantitative estimate of drug-likeness (QED) is 0.654. The number of likely N-dealkylation sites (N-methyl/N-ethyl adjacent to an activating group) is 1. The molecule has 0 aromatic heterocycles. The number of hydrogen-bond donors (Lipinski definition) is 2. The SMILES string of the molecule is CCN(CC(=O)NCc1ccccc1OC)CC(=O)Nc1ccc2c(c1)OCCO2. The predicted octanol–water partition coefficient (Wildman–Crippen LogP) is 2.04. The fourth-order valence-corrected chi connectivity index (χ4v) is 3.11. The van der Waals surface area contributed by atoms with Crippen LogP contribution < -0.4 is 24.8 Å². The Labute approximate surface area is 176 Å². The first kappa shape index (κ1) is 21.4. The van der Waals surface area contributed by atoms with Crippen molar-refractivity contribution in [3.63, 3.8) is 0 Å². The molecular formula is C22H27N3O5. The molecule has 0 saturated heterocycles. The average molecular weight is 413 g/mol. The highest BCUT2D eigenvalue weighted by molar-refractivity contribution is 5.93. The third-order valence-corrected chi connectivity index (χ3v) is 4.68. The third kappa shape index (κ3) is 5.87. The smallest absolute Gasteiger partial charge is 0.238 e. The number of anilines is 1. The van der Waals surface area contributed by atoms with Crippen LogP contribution in [0.3, 0.4) is 0 Å². The minimum Gasteiger partial charge on any atom is -0.496 e. The fraction of sp³-hybridized carbons (Fsp3) is 0.364. The number of methoxy groups -OCH3 is 1. The average Bonchev–Trinajstić information content (AvgIpc) is 2.77. The van der Waals surface area contributed by atoms with Gasteiger partial charge in [-0.2, -0.15) is 0 Å². The lowest BCUT2D eigenvalue weighted by atomic mass is 10.2. The van der Waals surface area contributed by atoms with Gasteiger partial charge in [0.15, 0.2) is 11.5 Å². The number of carbonyl (C=O) groups is 2. The van der Waals surface area contributed by atoms with Gasteiger partial charge in [0.1, 0.15) is 19.0 Å². The van der Waals surface area contributed by atoms with E-state index in [-0.39, 0.29) is 24.9 Å². The number of fused-ring (bicyclic) bond motifs is 1. The van der Waals surface area contributed by atoms with Crippen molar-refractivity contribution in [2.24, 2.45) is 0 Å². The van der Waals surface area contributed by atoms with Gasteiger partial charge in [-0.05, 0) is 24.7 Å². The molecule has 3 rings (SSSR count). The molecule has 0 fully saturated rings. The molecule has 1 aliphatic rings. The van der Waals surface area contributed by atoms with E-state index in [1.807, 2.05) is 31.2 Å². The van der Waals surface area contributed by atoms with Crippen molar-refractivity contribution in [2.45, 2.75) is 13.5 Å². The van der Waals surface area contributed by atoms with Crippen molar-refractivity contribution in [1.82, 2.24) is 10.2 Å². The van der Waals surface area contributed by atoms with Crippen LogP contribution in [0.1, 0.15) is 12.5 Å². The second-order valence-corrected chi connectivity index (χ2v) is 6.80. The summed E-state index contributed by atoms with van der Waals surface area (Å²) in [6.07, 6.45) is 0. The normalized spacial score (nSPS) is 12.4. The van der Waals surface area contributed by atoms with Gasteiger partial charge in [0, 0.05) is 23.9 Å². The van der Waals surface area contributed by atoms with Crippen molar-refractivity contribution >= 4 is 17.5 Å². The van der Waals surface area contributed by atoms with Crippen molar-refractivity contribution in [3.05, 3.63) is 48.0 Å². The highest BCUT2D eigenvalue weighted by Crippen LogP contribution is 2.32. The van der Waals surface area contributed by atoms with Crippen molar-refractivity contribution in [2.75, 3.05) is 45.3 Å². The largest absolute Gasteiger partial charge is 0.496 e. The third-order valence-electron chi connectivity index (χ3n) is 4.68. The number of nitrogens with zero attached hydrogens (tertiary/aromatic N) is 1. The van der Waals surface area contributed by atoms with Crippen LogP contribution in [-0.4, -0.2) is 56.7 Å². The van der Waals surface area contributed by atoms with Gasteiger partial charge in [-0.15, -0.1) is 0 Å². The van der Waals surface area contributed by atoms with Crippen LogP contribution in [0, 0.1) is 0 Å². The summed E-state index contributed by atoms with van der Waals surface area (Å²) in [5.41, 5.74) is 1.52. The Bertz CT molecular complexity index is 887. The minimum absolute atomic E-state index is 0.104. The molecule has 0 bridgehead atoms. The molecule has 2 N–H and O–H groups in total. The van der Waals surface area contributed by atoms with Crippen LogP contribution in [0.4, 0.5) is 5.69 Å². The second kappa shape index (κ2) is 10.5. The summed E-state index contributed by atoms with van der Waals surface area (Å²) >= 11 is 0. The molecule has 1 heterocycles. The number of nitrogens with one attached hydrogen (secondary N) is 2. The molecular weight excluding hydrogens is 386 g/mol. The molecule has 0 saturated carbocycles. The molecule has 30 heavy (non-hydrogen) atoms. The Kier molecular flexibility index (Phi) is 7.51. The summed E-state index contributed by atoms with van der Waals surface area (Å²) in [7, 11) is 1.60. The molecule has 0 unspecified atom stereocenters. The Balaban J connectivity index is 1.48. The standard InChI is InChI=1S/C22H27N3O5/c1-3-25(14-21(26)23-13-16-6-4-5-7-18(16)28-2)15-22(27)24-17-8-9-19-20(12-17)30-11-10-29-19/h4-9,12H,3,10-11,13-15H2,1-2H3,(H,23,26)(H,24,27). The highest BCUT2D eigenvalue weighted by atomic mass is 16.6. The van der Waals surface area contributed by atoms with Gasteiger partial charge in [0.05, 0.1) is 20.2 Å². The lowest BCUT2D eigenvalue weighted by Gasteiger charge is -2.21. The van der Waals surface area contributed by atoms with Crippen LogP contribution >= 0.6 is 0 Å². The van der Waals surface area contributed by atoms with E-state index in [4.69, 9.17) is 14.2 Å². The summed E-state index contributed by atoms with van der Waals surface area (Å²) in [4.78, 5) is 26.5. The Morgan fingerprint density at radius 1 is 1.03 bits per heavy atom. The molecule has 8 heteroatoms. The number of amides is 2. The number of rotatable bonds is 9. The van der Waals surface area contributed by atoms with Crippen LogP contribution in [-0.2, 0) is 16.1 Å². The summed E-state index contributed by atoms with van der Waals surface area (Å²) in [5, 5.41) is 5.71. The molecule has 0 atom stereocenters. The van der Waals surface area contributed by atoms with E-state index >= 15 is 0 Å². The van der Waals surface area contributed by atoms with Crippen molar-refractivity contribution < 1.29 is 23.8 Å². The van der Waals surface area contributed by atoms with Gasteiger partial charge in [-0.25, -0.2) is 0 Å². The maximum atomic E-state index is 12.4. The Morgan fingerprint density at radius 2 is 1.77 bits per heavy atom. The van der Waals surface area contributed by atoms with Crippen LogP contribution in [0.5, 0.6) is 17.2 Å². The lowest BCUT2D eigenvalue weighted by Crippen LogP contribution is -2.40. The zero-order valence-electron chi connectivity index (χ0n) is 17.3. The summed E-state index contributed by atoms with van der Waals surface area (Å²) in [6.45, 7) is 4.07. The minimum atomic E-state index is -0.203.